The number of benzene rings is 2. The van der Waals surface area contributed by atoms with E-state index in [9.17, 15) is 4.79 Å². The predicted octanol–water partition coefficient (Wildman–Crippen LogP) is 4.86. The molecule has 0 bridgehead atoms. The van der Waals surface area contributed by atoms with Crippen LogP contribution in [0.25, 0.3) is 10.9 Å². The number of halogens is 1. The van der Waals surface area contributed by atoms with E-state index in [0.29, 0.717) is 21.6 Å². The van der Waals surface area contributed by atoms with Gasteiger partial charge in [-0.05, 0) is 60.6 Å². The molecule has 0 spiro atoms. The van der Waals surface area contributed by atoms with Crippen LogP contribution in [0.3, 0.4) is 0 Å². The molecule has 2 heterocycles. The third kappa shape index (κ3) is 4.81. The molecule has 0 saturated carbocycles. The highest BCUT2D eigenvalue weighted by atomic mass is 35.5. The van der Waals surface area contributed by atoms with E-state index < -0.39 is 5.97 Å². The van der Waals surface area contributed by atoms with Crippen molar-refractivity contribution in [3.63, 3.8) is 0 Å². The molecular weight excluding hydrogens is 436 g/mol. The van der Waals surface area contributed by atoms with Crippen molar-refractivity contribution in [3.05, 3.63) is 70.9 Å². The molecule has 0 amide bonds. The summed E-state index contributed by atoms with van der Waals surface area (Å²) >= 11 is 7.38. The lowest BCUT2D eigenvalue weighted by Crippen LogP contribution is -2.08. The van der Waals surface area contributed by atoms with Crippen molar-refractivity contribution in [1.29, 1.82) is 0 Å². The summed E-state index contributed by atoms with van der Waals surface area (Å²) in [5, 5.41) is 11.1. The number of aromatic nitrogens is 4. The van der Waals surface area contributed by atoms with Gasteiger partial charge in [-0.15, -0.1) is 5.10 Å². The molecule has 0 radical (unpaired) electrons. The van der Waals surface area contributed by atoms with E-state index >= 15 is 0 Å². The smallest absolute Gasteiger partial charge is 0.361 e. The Morgan fingerprint density at radius 2 is 1.94 bits per heavy atom. The zero-order valence-electron chi connectivity index (χ0n) is 16.9. The number of carbonyl (C=O) groups is 1. The summed E-state index contributed by atoms with van der Waals surface area (Å²) < 4.78 is 12.0. The largest absolute Gasteiger partial charge is 0.497 e. The normalized spacial score (nSPS) is 10.9. The second kappa shape index (κ2) is 9.36. The summed E-state index contributed by atoms with van der Waals surface area (Å²) in [6.45, 7) is 2.44. The molecule has 0 aliphatic heterocycles. The lowest BCUT2D eigenvalue weighted by atomic mass is 10.2. The summed E-state index contributed by atoms with van der Waals surface area (Å²) in [6.07, 6.45) is 0. The Morgan fingerprint density at radius 3 is 2.68 bits per heavy atom. The molecular formula is C22H19ClN4O3S. The van der Waals surface area contributed by atoms with E-state index in [1.54, 1.807) is 24.8 Å². The molecule has 158 valence electrons. The quantitative estimate of drug-likeness (QED) is 0.369. The van der Waals surface area contributed by atoms with Crippen LogP contribution in [0.5, 0.6) is 5.75 Å². The first-order valence-electron chi connectivity index (χ1n) is 9.55. The van der Waals surface area contributed by atoms with Crippen LogP contribution < -0.4 is 4.74 Å². The van der Waals surface area contributed by atoms with Crippen molar-refractivity contribution in [3.8, 4) is 5.75 Å². The molecule has 0 aliphatic rings. The van der Waals surface area contributed by atoms with E-state index in [-0.39, 0.29) is 12.3 Å². The average molecular weight is 455 g/mol. The average Bonchev–Trinajstić information content (AvgIpc) is 3.16. The number of nitrogens with zero attached hydrogens (tertiary/aromatic N) is 4. The Hall–Kier alpha value is -3.10. The number of rotatable bonds is 7. The van der Waals surface area contributed by atoms with Gasteiger partial charge in [0.1, 0.15) is 15.8 Å². The van der Waals surface area contributed by atoms with Crippen LogP contribution in [0.2, 0.25) is 5.02 Å². The first kappa shape index (κ1) is 21.1. The predicted molar refractivity (Wildman–Crippen MR) is 119 cm³/mol. The van der Waals surface area contributed by atoms with Gasteiger partial charge in [0.25, 0.3) is 0 Å². The van der Waals surface area contributed by atoms with Gasteiger partial charge in [-0.3, -0.25) is 0 Å². The highest BCUT2D eigenvalue weighted by Gasteiger charge is 2.23. The topological polar surface area (TPSA) is 79.1 Å². The summed E-state index contributed by atoms with van der Waals surface area (Å²) in [5.41, 5.74) is 1.96. The molecule has 0 aliphatic carbocycles. The Bertz CT molecular complexity index is 1230. The Labute approximate surface area is 188 Å². The minimum absolute atomic E-state index is 0.165. The molecule has 31 heavy (non-hydrogen) atoms. The van der Waals surface area contributed by atoms with Gasteiger partial charge in [-0.25, -0.2) is 14.5 Å². The second-order valence-electron chi connectivity index (χ2n) is 6.56. The fourth-order valence-corrected chi connectivity index (χ4v) is 4.06. The zero-order valence-corrected chi connectivity index (χ0v) is 18.5. The van der Waals surface area contributed by atoms with Crippen molar-refractivity contribution in [2.24, 2.45) is 0 Å². The Balaban J connectivity index is 1.68. The fraction of sp³-hybridized carbons (Fsp3) is 0.182. The van der Waals surface area contributed by atoms with Crippen LogP contribution in [0, 0.1) is 0 Å². The minimum atomic E-state index is -0.515. The molecule has 9 heteroatoms. The maximum Gasteiger partial charge on any atom is 0.361 e. The molecule has 4 aromatic rings. The number of hydrogen-bond acceptors (Lipinski definition) is 7. The highest BCUT2D eigenvalue weighted by Crippen LogP contribution is 2.31. The third-order valence-electron chi connectivity index (χ3n) is 4.48. The van der Waals surface area contributed by atoms with Gasteiger partial charge in [-0.2, -0.15) is 0 Å². The van der Waals surface area contributed by atoms with Crippen molar-refractivity contribution < 1.29 is 14.3 Å². The highest BCUT2D eigenvalue weighted by molar-refractivity contribution is 7.99. The summed E-state index contributed by atoms with van der Waals surface area (Å²) in [7, 11) is 1.62. The molecule has 2 aromatic heterocycles. The van der Waals surface area contributed by atoms with Crippen LogP contribution >= 0.6 is 23.4 Å². The molecule has 0 fully saturated rings. The Morgan fingerprint density at radius 1 is 1.13 bits per heavy atom. The fourth-order valence-electron chi connectivity index (χ4n) is 2.97. The van der Waals surface area contributed by atoms with Gasteiger partial charge in [0.15, 0.2) is 0 Å². The molecule has 0 unspecified atom stereocenters. The summed E-state index contributed by atoms with van der Waals surface area (Å²) in [6, 6.07) is 17.0. The molecule has 2 aromatic carbocycles. The van der Waals surface area contributed by atoms with Gasteiger partial charge in [-0.1, -0.05) is 35.0 Å². The molecule has 7 nitrogen and oxygen atoms in total. The SMILES string of the molecule is CCOC(=O)c1nnn(Cc2ccc(OC)cc2)c1Sc1ccc2cc(Cl)ccc2n1. The first-order chi connectivity index (χ1) is 15.1. The zero-order chi connectivity index (χ0) is 21.8. The number of ether oxygens (including phenoxy) is 2. The van der Waals surface area contributed by atoms with Crippen LogP contribution in [0.1, 0.15) is 23.0 Å². The lowest BCUT2D eigenvalue weighted by molar-refractivity contribution is 0.0515. The Kier molecular flexibility index (Phi) is 6.39. The number of methoxy groups -OCH3 is 1. The van der Waals surface area contributed by atoms with E-state index in [0.717, 1.165) is 22.2 Å². The second-order valence-corrected chi connectivity index (χ2v) is 8.00. The van der Waals surface area contributed by atoms with Crippen molar-refractivity contribution in [2.45, 2.75) is 23.5 Å². The number of carbonyl (C=O) groups excluding carboxylic acids is 1. The number of hydrogen-bond donors (Lipinski definition) is 0. The van der Waals surface area contributed by atoms with E-state index in [1.807, 2.05) is 48.5 Å². The van der Waals surface area contributed by atoms with Crippen LogP contribution in [-0.4, -0.2) is 39.7 Å². The van der Waals surface area contributed by atoms with E-state index in [1.165, 1.54) is 11.8 Å². The maximum absolute atomic E-state index is 12.5. The first-order valence-corrected chi connectivity index (χ1v) is 10.7. The van der Waals surface area contributed by atoms with Gasteiger partial charge in [0, 0.05) is 10.4 Å². The van der Waals surface area contributed by atoms with Gasteiger partial charge in [0.2, 0.25) is 5.69 Å². The molecule has 0 atom stereocenters. The standard InChI is InChI=1S/C22H19ClN4O3S/c1-3-30-22(28)20-21(27(26-25-20)13-14-4-8-17(29-2)9-5-14)31-19-11-6-15-12-16(23)7-10-18(15)24-19/h4-12H,3,13H2,1-2H3. The van der Waals surface area contributed by atoms with Crippen LogP contribution in [0.15, 0.2) is 64.6 Å². The minimum Gasteiger partial charge on any atom is -0.497 e. The summed E-state index contributed by atoms with van der Waals surface area (Å²) in [4.78, 5) is 17.1. The van der Waals surface area contributed by atoms with Crippen LogP contribution in [-0.2, 0) is 11.3 Å². The number of esters is 1. The van der Waals surface area contributed by atoms with E-state index in [4.69, 9.17) is 21.1 Å². The van der Waals surface area contributed by atoms with Crippen LogP contribution in [0.4, 0.5) is 0 Å². The number of pyridine rings is 1. The van der Waals surface area contributed by atoms with Gasteiger partial charge >= 0.3 is 5.97 Å². The summed E-state index contributed by atoms with van der Waals surface area (Å²) in [5.74, 6) is 0.253. The van der Waals surface area contributed by atoms with Crippen molar-refractivity contribution in [1.82, 2.24) is 20.0 Å². The monoisotopic (exact) mass is 454 g/mol. The van der Waals surface area contributed by atoms with Crippen molar-refractivity contribution >= 4 is 40.2 Å². The number of fused-ring (bicyclic) bond motifs is 1. The van der Waals surface area contributed by atoms with E-state index in [2.05, 4.69) is 15.3 Å². The molecule has 4 rings (SSSR count). The molecule has 0 saturated heterocycles. The molecule has 0 N–H and O–H groups in total. The van der Waals surface area contributed by atoms with Gasteiger partial charge < -0.3 is 9.47 Å². The van der Waals surface area contributed by atoms with Gasteiger partial charge in [0.05, 0.1) is 25.8 Å². The maximum atomic E-state index is 12.5. The van der Waals surface area contributed by atoms with Crippen molar-refractivity contribution in [2.75, 3.05) is 13.7 Å². The lowest BCUT2D eigenvalue weighted by Gasteiger charge is -2.09. The third-order valence-corrected chi connectivity index (χ3v) is 5.75.